The molecule has 0 saturated heterocycles. The monoisotopic (exact) mass is 481 g/mol. The van der Waals surface area contributed by atoms with E-state index >= 15 is 0 Å². The second-order valence-corrected chi connectivity index (χ2v) is 8.46. The van der Waals surface area contributed by atoms with E-state index in [1.165, 1.54) is 0 Å². The number of carbonyl (C=O) groups is 2. The van der Waals surface area contributed by atoms with Crippen LogP contribution >= 0.6 is 11.6 Å². The maximum Gasteiger partial charge on any atom is 0.317 e. The molecule has 0 aliphatic heterocycles. The first kappa shape index (κ1) is 25.3. The number of urea groups is 1. The van der Waals surface area contributed by atoms with Crippen LogP contribution in [0.1, 0.15) is 39.5 Å². The van der Waals surface area contributed by atoms with Crippen molar-refractivity contribution in [2.75, 3.05) is 25.0 Å². The van der Waals surface area contributed by atoms with Crippen molar-refractivity contribution < 1.29 is 9.59 Å². The minimum absolute atomic E-state index is 0.0493. The van der Waals surface area contributed by atoms with Crippen LogP contribution in [0.4, 0.5) is 10.6 Å². The number of benzene rings is 2. The number of anilines is 1. The van der Waals surface area contributed by atoms with Crippen molar-refractivity contribution in [3.63, 3.8) is 0 Å². The Morgan fingerprint density at radius 1 is 1.00 bits per heavy atom. The Labute approximate surface area is 206 Å². The van der Waals surface area contributed by atoms with Crippen LogP contribution < -0.4 is 10.6 Å². The third-order valence-electron chi connectivity index (χ3n) is 5.34. The van der Waals surface area contributed by atoms with Crippen molar-refractivity contribution in [3.05, 3.63) is 65.7 Å². The molecule has 2 aromatic carbocycles. The third kappa shape index (κ3) is 6.84. The van der Waals surface area contributed by atoms with E-state index in [1.807, 2.05) is 54.6 Å². The molecule has 1 heterocycles. The first-order valence-electron chi connectivity index (χ1n) is 11.8. The van der Waals surface area contributed by atoms with Gasteiger partial charge in [-0.2, -0.15) is 5.10 Å². The van der Waals surface area contributed by atoms with Crippen molar-refractivity contribution in [1.29, 1.82) is 0 Å². The topological polar surface area (TPSA) is 79.3 Å². The van der Waals surface area contributed by atoms with Gasteiger partial charge in [0.25, 0.3) is 0 Å². The standard InChI is InChI=1S/C26H32ClN5O2/c1-3-5-16-28-26(34)31(17-6-4-2)19-25(33)29-24-18-22(20-12-8-7-9-13-20)30-32(24)23-15-11-10-14-21(23)27/h7-15,18H,3-6,16-17,19H2,1-2H3,(H,28,34)(H,29,33). The summed E-state index contributed by atoms with van der Waals surface area (Å²) in [6.45, 7) is 5.19. The molecule has 0 aliphatic rings. The normalized spacial score (nSPS) is 10.7. The number of hydrogen-bond acceptors (Lipinski definition) is 3. The molecular formula is C26H32ClN5O2. The van der Waals surface area contributed by atoms with E-state index in [0.717, 1.165) is 31.2 Å². The minimum atomic E-state index is -0.297. The van der Waals surface area contributed by atoms with E-state index in [-0.39, 0.29) is 18.5 Å². The molecule has 0 atom stereocenters. The zero-order valence-corrected chi connectivity index (χ0v) is 20.5. The van der Waals surface area contributed by atoms with E-state index in [1.54, 1.807) is 15.6 Å². The SMILES string of the molecule is CCCCNC(=O)N(CCCC)CC(=O)Nc1cc(-c2ccccc2)nn1-c1ccccc1Cl. The first-order valence-corrected chi connectivity index (χ1v) is 12.1. The molecule has 34 heavy (non-hydrogen) atoms. The van der Waals surface area contributed by atoms with Gasteiger partial charge in [-0.15, -0.1) is 0 Å². The highest BCUT2D eigenvalue weighted by Gasteiger charge is 2.19. The molecule has 0 radical (unpaired) electrons. The Morgan fingerprint density at radius 3 is 2.41 bits per heavy atom. The molecule has 180 valence electrons. The van der Waals surface area contributed by atoms with E-state index in [2.05, 4.69) is 24.5 Å². The van der Waals surface area contributed by atoms with Crippen LogP contribution in [0.15, 0.2) is 60.7 Å². The van der Waals surface area contributed by atoms with Crippen LogP contribution in [-0.4, -0.2) is 46.3 Å². The average molecular weight is 482 g/mol. The van der Waals surface area contributed by atoms with Gasteiger partial charge in [0, 0.05) is 24.7 Å². The molecule has 0 bridgehead atoms. The van der Waals surface area contributed by atoms with Gasteiger partial charge in [0.2, 0.25) is 5.91 Å². The molecule has 3 aromatic rings. The van der Waals surface area contributed by atoms with E-state index in [0.29, 0.717) is 35.3 Å². The van der Waals surface area contributed by atoms with Crippen LogP contribution in [-0.2, 0) is 4.79 Å². The minimum Gasteiger partial charge on any atom is -0.338 e. The number of nitrogens with zero attached hydrogens (tertiary/aromatic N) is 3. The molecule has 3 amide bonds. The second kappa shape index (κ2) is 12.8. The maximum atomic E-state index is 13.0. The van der Waals surface area contributed by atoms with Crippen LogP contribution in [0.2, 0.25) is 5.02 Å². The number of amides is 3. The summed E-state index contributed by atoms with van der Waals surface area (Å²) >= 11 is 6.43. The lowest BCUT2D eigenvalue weighted by molar-refractivity contribution is -0.116. The number of halogens is 1. The highest BCUT2D eigenvalue weighted by atomic mass is 35.5. The lowest BCUT2D eigenvalue weighted by Crippen LogP contribution is -2.44. The van der Waals surface area contributed by atoms with Gasteiger partial charge >= 0.3 is 6.03 Å². The van der Waals surface area contributed by atoms with Crippen molar-refractivity contribution in [2.45, 2.75) is 39.5 Å². The summed E-state index contributed by atoms with van der Waals surface area (Å²) in [5, 5.41) is 11.1. The number of rotatable bonds is 11. The largest absolute Gasteiger partial charge is 0.338 e. The number of carbonyl (C=O) groups excluding carboxylic acids is 2. The van der Waals surface area contributed by atoms with Gasteiger partial charge in [0.1, 0.15) is 12.4 Å². The fraction of sp³-hybridized carbons (Fsp3) is 0.346. The van der Waals surface area contributed by atoms with Crippen molar-refractivity contribution in [1.82, 2.24) is 20.0 Å². The molecule has 2 N–H and O–H groups in total. The molecule has 0 aliphatic carbocycles. The van der Waals surface area contributed by atoms with Crippen LogP contribution in [0.5, 0.6) is 0 Å². The fourth-order valence-electron chi connectivity index (χ4n) is 3.47. The average Bonchev–Trinajstić information content (AvgIpc) is 3.26. The van der Waals surface area contributed by atoms with Gasteiger partial charge < -0.3 is 15.5 Å². The van der Waals surface area contributed by atoms with E-state index < -0.39 is 0 Å². The molecule has 8 heteroatoms. The second-order valence-electron chi connectivity index (χ2n) is 8.05. The molecule has 1 aromatic heterocycles. The number of unbranched alkanes of at least 4 members (excludes halogenated alkanes) is 2. The number of aromatic nitrogens is 2. The van der Waals surface area contributed by atoms with Crippen LogP contribution in [0.3, 0.4) is 0 Å². The molecule has 0 spiro atoms. The van der Waals surface area contributed by atoms with E-state index in [4.69, 9.17) is 16.7 Å². The summed E-state index contributed by atoms with van der Waals surface area (Å²) in [5.41, 5.74) is 2.28. The Balaban J connectivity index is 1.83. The highest BCUT2D eigenvalue weighted by Crippen LogP contribution is 2.28. The van der Waals surface area contributed by atoms with Gasteiger partial charge in [-0.3, -0.25) is 4.79 Å². The molecule has 0 saturated carbocycles. The summed E-state index contributed by atoms with van der Waals surface area (Å²) < 4.78 is 1.63. The molecule has 0 unspecified atom stereocenters. The zero-order valence-electron chi connectivity index (χ0n) is 19.8. The van der Waals surface area contributed by atoms with Crippen LogP contribution in [0.25, 0.3) is 16.9 Å². The quantitative estimate of drug-likeness (QED) is 0.342. The predicted molar refractivity (Wildman–Crippen MR) is 137 cm³/mol. The Kier molecular flexibility index (Phi) is 9.52. The number of hydrogen-bond donors (Lipinski definition) is 2. The van der Waals surface area contributed by atoms with Crippen molar-refractivity contribution in [2.24, 2.45) is 0 Å². The smallest absolute Gasteiger partial charge is 0.317 e. The number of nitrogens with one attached hydrogen (secondary N) is 2. The summed E-state index contributed by atoms with van der Waals surface area (Å²) in [7, 11) is 0. The summed E-state index contributed by atoms with van der Waals surface area (Å²) in [4.78, 5) is 27.2. The van der Waals surface area contributed by atoms with Crippen LogP contribution in [0, 0.1) is 0 Å². The van der Waals surface area contributed by atoms with Crippen molar-refractivity contribution >= 4 is 29.4 Å². The lowest BCUT2D eigenvalue weighted by Gasteiger charge is -2.22. The van der Waals surface area contributed by atoms with Gasteiger partial charge in [-0.05, 0) is 25.0 Å². The lowest BCUT2D eigenvalue weighted by atomic mass is 10.1. The van der Waals surface area contributed by atoms with Gasteiger partial charge in [0.05, 0.1) is 16.4 Å². The molecule has 0 fully saturated rings. The fourth-order valence-corrected chi connectivity index (χ4v) is 3.68. The molecule has 3 rings (SSSR count). The Hall–Kier alpha value is -3.32. The van der Waals surface area contributed by atoms with E-state index in [9.17, 15) is 9.59 Å². The highest BCUT2D eigenvalue weighted by molar-refractivity contribution is 6.32. The van der Waals surface area contributed by atoms with Gasteiger partial charge in [0.15, 0.2) is 0 Å². The zero-order chi connectivity index (χ0) is 24.3. The Morgan fingerprint density at radius 2 is 1.71 bits per heavy atom. The molecule has 7 nitrogen and oxygen atoms in total. The maximum absolute atomic E-state index is 13.0. The summed E-state index contributed by atoms with van der Waals surface area (Å²) in [6, 6.07) is 18.6. The third-order valence-corrected chi connectivity index (χ3v) is 5.66. The van der Waals surface area contributed by atoms with Gasteiger partial charge in [-0.1, -0.05) is 80.8 Å². The predicted octanol–water partition coefficient (Wildman–Crippen LogP) is 5.74. The van der Waals surface area contributed by atoms with Crippen molar-refractivity contribution in [3.8, 4) is 16.9 Å². The summed E-state index contributed by atoms with van der Waals surface area (Å²) in [5.74, 6) is 0.188. The Bertz CT molecular complexity index is 1080. The summed E-state index contributed by atoms with van der Waals surface area (Å²) in [6.07, 6.45) is 3.65. The van der Waals surface area contributed by atoms with Gasteiger partial charge in [-0.25, -0.2) is 9.48 Å². The first-order chi connectivity index (χ1) is 16.5. The number of para-hydroxylation sites is 1. The molecular weight excluding hydrogens is 450 g/mol.